The van der Waals surface area contributed by atoms with Gasteiger partial charge in [0.15, 0.2) is 5.13 Å². The van der Waals surface area contributed by atoms with Gasteiger partial charge in [0, 0.05) is 10.5 Å². The third kappa shape index (κ3) is 4.07. The Kier molecular flexibility index (Phi) is 5.45. The first-order valence-corrected chi connectivity index (χ1v) is 12.0. The first-order valence-electron chi connectivity index (χ1n) is 10.0. The van der Waals surface area contributed by atoms with Crippen molar-refractivity contribution in [3.8, 4) is 0 Å². The molecule has 0 saturated carbocycles. The van der Waals surface area contributed by atoms with Crippen molar-refractivity contribution in [3.05, 3.63) is 102 Å². The fourth-order valence-electron chi connectivity index (χ4n) is 3.61. The Hall–Kier alpha value is -3.15. The molecule has 0 spiro atoms. The molecule has 0 atom stereocenters. The number of rotatable bonds is 5. The third-order valence-corrected chi connectivity index (χ3v) is 7.01. The molecule has 0 radical (unpaired) electrons. The van der Waals surface area contributed by atoms with Gasteiger partial charge in [-0.05, 0) is 52.9 Å². The second-order valence-electron chi connectivity index (χ2n) is 7.27. The first kappa shape index (κ1) is 19.8. The number of thiazole rings is 1. The van der Waals surface area contributed by atoms with Gasteiger partial charge in [0.2, 0.25) is 0 Å². The molecule has 1 amide bonds. The van der Waals surface area contributed by atoms with E-state index in [1.807, 2.05) is 72.8 Å². The number of nitrogens with zero attached hydrogens (tertiary/aromatic N) is 2. The van der Waals surface area contributed by atoms with Gasteiger partial charge < -0.3 is 0 Å². The van der Waals surface area contributed by atoms with E-state index in [-0.39, 0.29) is 5.91 Å². The van der Waals surface area contributed by atoms with Gasteiger partial charge in [0.1, 0.15) is 0 Å². The van der Waals surface area contributed by atoms with Crippen LogP contribution in [-0.2, 0) is 6.54 Å². The van der Waals surface area contributed by atoms with Crippen molar-refractivity contribution in [1.29, 1.82) is 0 Å². The molecular weight excluding hydrogens is 420 g/mol. The maximum Gasteiger partial charge on any atom is 0.260 e. The van der Waals surface area contributed by atoms with Gasteiger partial charge in [-0.2, -0.15) is 0 Å². The third-order valence-electron chi connectivity index (χ3n) is 5.24. The van der Waals surface area contributed by atoms with Crippen LogP contribution in [0.3, 0.4) is 0 Å². The summed E-state index contributed by atoms with van der Waals surface area (Å²) in [5.74, 6) is -0.0428. The van der Waals surface area contributed by atoms with Gasteiger partial charge in [0.25, 0.3) is 5.91 Å². The zero-order chi connectivity index (χ0) is 21.2. The molecule has 0 aliphatic rings. The molecule has 0 N–H and O–H groups in total. The zero-order valence-corrected chi connectivity index (χ0v) is 18.6. The van der Waals surface area contributed by atoms with Crippen molar-refractivity contribution in [2.45, 2.75) is 11.4 Å². The molecule has 5 rings (SSSR count). The molecule has 31 heavy (non-hydrogen) atoms. The fourth-order valence-corrected chi connectivity index (χ4v) is 5.12. The maximum atomic E-state index is 13.7. The molecule has 0 unspecified atom stereocenters. The Morgan fingerprint density at radius 1 is 0.903 bits per heavy atom. The van der Waals surface area contributed by atoms with E-state index in [1.54, 1.807) is 28.0 Å². The van der Waals surface area contributed by atoms with Gasteiger partial charge in [0.05, 0.1) is 16.8 Å². The molecule has 5 aromatic rings. The minimum absolute atomic E-state index is 0.0428. The Morgan fingerprint density at radius 2 is 1.68 bits per heavy atom. The topological polar surface area (TPSA) is 33.2 Å². The van der Waals surface area contributed by atoms with Crippen molar-refractivity contribution in [2.75, 3.05) is 11.2 Å². The quantitative estimate of drug-likeness (QED) is 0.275. The van der Waals surface area contributed by atoms with Gasteiger partial charge in [-0.15, -0.1) is 11.8 Å². The smallest absolute Gasteiger partial charge is 0.260 e. The van der Waals surface area contributed by atoms with Crippen LogP contribution in [0.4, 0.5) is 5.13 Å². The molecule has 0 aliphatic carbocycles. The highest BCUT2D eigenvalue weighted by Crippen LogP contribution is 2.33. The summed E-state index contributed by atoms with van der Waals surface area (Å²) in [5.41, 5.74) is 2.65. The highest BCUT2D eigenvalue weighted by molar-refractivity contribution is 7.98. The SMILES string of the molecule is CSc1ccc2nc(N(Cc3ccccc3)C(=O)c3ccc4ccccc4c3)sc2c1. The molecular formula is C26H20N2OS2. The number of anilines is 1. The Labute approximate surface area is 189 Å². The lowest BCUT2D eigenvalue weighted by Gasteiger charge is -2.20. The standard InChI is InChI=1S/C26H20N2OS2/c1-30-22-13-14-23-24(16-22)31-26(27-23)28(17-18-7-3-2-4-8-18)25(29)21-12-11-19-9-5-6-10-20(19)15-21/h2-16H,17H2,1H3. The molecule has 0 saturated heterocycles. The number of aromatic nitrogens is 1. The summed E-state index contributed by atoms with van der Waals surface area (Å²) in [7, 11) is 0. The number of thioether (sulfide) groups is 1. The Balaban J connectivity index is 1.58. The molecule has 0 bridgehead atoms. The van der Waals surface area contributed by atoms with E-state index < -0.39 is 0 Å². The molecule has 152 valence electrons. The molecule has 1 aromatic heterocycles. The summed E-state index contributed by atoms with van der Waals surface area (Å²) < 4.78 is 1.09. The summed E-state index contributed by atoms with van der Waals surface area (Å²) >= 11 is 3.27. The van der Waals surface area contributed by atoms with Crippen LogP contribution in [0.2, 0.25) is 0 Å². The summed E-state index contributed by atoms with van der Waals surface area (Å²) in [6.45, 7) is 0.474. The van der Waals surface area contributed by atoms with E-state index >= 15 is 0 Å². The lowest BCUT2D eigenvalue weighted by Crippen LogP contribution is -2.30. The van der Waals surface area contributed by atoms with Crippen molar-refractivity contribution in [1.82, 2.24) is 4.98 Å². The van der Waals surface area contributed by atoms with Crippen molar-refractivity contribution in [2.24, 2.45) is 0 Å². The predicted molar refractivity (Wildman–Crippen MR) is 132 cm³/mol. The van der Waals surface area contributed by atoms with Crippen LogP contribution in [0.15, 0.2) is 95.9 Å². The average molecular weight is 441 g/mol. The summed E-state index contributed by atoms with van der Waals surface area (Å²) in [5, 5.41) is 2.90. The van der Waals surface area contributed by atoms with E-state index in [1.165, 1.54) is 4.90 Å². The number of hydrogen-bond acceptors (Lipinski definition) is 4. The zero-order valence-electron chi connectivity index (χ0n) is 17.0. The molecule has 5 heteroatoms. The number of amides is 1. The second kappa shape index (κ2) is 8.53. The van der Waals surface area contributed by atoms with Crippen LogP contribution < -0.4 is 4.90 Å². The van der Waals surface area contributed by atoms with E-state index in [2.05, 4.69) is 24.5 Å². The van der Waals surface area contributed by atoms with Crippen LogP contribution >= 0.6 is 23.1 Å². The lowest BCUT2D eigenvalue weighted by atomic mass is 10.1. The van der Waals surface area contributed by atoms with Crippen LogP contribution in [-0.4, -0.2) is 17.1 Å². The van der Waals surface area contributed by atoms with E-state index in [0.717, 1.165) is 31.7 Å². The van der Waals surface area contributed by atoms with Crippen LogP contribution in [0, 0.1) is 0 Å². The fraction of sp³-hybridized carbons (Fsp3) is 0.0769. The number of fused-ring (bicyclic) bond motifs is 2. The molecule has 1 heterocycles. The van der Waals surface area contributed by atoms with Gasteiger partial charge in [-0.25, -0.2) is 4.98 Å². The van der Waals surface area contributed by atoms with Gasteiger partial charge >= 0.3 is 0 Å². The average Bonchev–Trinajstić information content (AvgIpc) is 3.25. The van der Waals surface area contributed by atoms with E-state index in [0.29, 0.717) is 12.1 Å². The van der Waals surface area contributed by atoms with Crippen LogP contribution in [0.1, 0.15) is 15.9 Å². The summed E-state index contributed by atoms with van der Waals surface area (Å²) in [6.07, 6.45) is 2.06. The second-order valence-corrected chi connectivity index (χ2v) is 9.16. The number of carbonyl (C=O) groups excluding carboxylic acids is 1. The van der Waals surface area contributed by atoms with Crippen molar-refractivity contribution >= 4 is 55.1 Å². The number of benzene rings is 4. The number of carbonyl (C=O) groups is 1. The highest BCUT2D eigenvalue weighted by atomic mass is 32.2. The monoisotopic (exact) mass is 440 g/mol. The van der Waals surface area contributed by atoms with Gasteiger partial charge in [-0.3, -0.25) is 9.69 Å². The lowest BCUT2D eigenvalue weighted by molar-refractivity contribution is 0.0985. The van der Waals surface area contributed by atoms with Crippen molar-refractivity contribution < 1.29 is 4.79 Å². The minimum Gasteiger partial charge on any atom is -0.279 e. The summed E-state index contributed by atoms with van der Waals surface area (Å²) in [4.78, 5) is 21.5. The predicted octanol–water partition coefficient (Wildman–Crippen LogP) is 7.02. The minimum atomic E-state index is -0.0428. The van der Waals surface area contributed by atoms with E-state index in [9.17, 15) is 4.79 Å². The molecule has 0 fully saturated rings. The Bertz CT molecular complexity index is 1380. The molecule has 0 aliphatic heterocycles. The van der Waals surface area contributed by atoms with Crippen LogP contribution in [0.25, 0.3) is 21.0 Å². The van der Waals surface area contributed by atoms with Crippen LogP contribution in [0.5, 0.6) is 0 Å². The van der Waals surface area contributed by atoms with Gasteiger partial charge in [-0.1, -0.05) is 72.0 Å². The molecule has 4 aromatic carbocycles. The maximum absolute atomic E-state index is 13.7. The van der Waals surface area contributed by atoms with Crippen molar-refractivity contribution in [3.63, 3.8) is 0 Å². The van der Waals surface area contributed by atoms with E-state index in [4.69, 9.17) is 4.98 Å². The normalized spacial score (nSPS) is 11.1. The largest absolute Gasteiger partial charge is 0.279 e. The molecule has 3 nitrogen and oxygen atoms in total. The highest BCUT2D eigenvalue weighted by Gasteiger charge is 2.22. The first-order chi connectivity index (χ1) is 15.2. The summed E-state index contributed by atoms with van der Waals surface area (Å²) in [6, 6.07) is 30.3. The Morgan fingerprint density at radius 3 is 2.48 bits per heavy atom. The number of hydrogen-bond donors (Lipinski definition) is 0.